The van der Waals surface area contributed by atoms with E-state index in [0.29, 0.717) is 0 Å². The molecule has 0 saturated heterocycles. The number of halogens is 1. The van der Waals surface area contributed by atoms with E-state index in [4.69, 9.17) is 12.3 Å². The van der Waals surface area contributed by atoms with E-state index in [2.05, 4.69) is 21.0 Å². The van der Waals surface area contributed by atoms with Gasteiger partial charge in [-0.1, -0.05) is 6.85 Å². The second-order valence-electron chi connectivity index (χ2n) is 1.19. The molecule has 0 atom stereocenters. The molecule has 50 valence electrons. The number of aromatic nitrogens is 2. The number of rotatable bonds is 2. The van der Waals surface area contributed by atoms with Gasteiger partial charge in [-0.3, -0.25) is 4.68 Å². The van der Waals surface area contributed by atoms with Crippen molar-refractivity contribution in [1.29, 1.82) is 0 Å². The smallest absolute Gasteiger partial charge is 0.0872 e. The summed E-state index contributed by atoms with van der Waals surface area (Å²) in [5, 5.41) is 3.35. The summed E-state index contributed by atoms with van der Waals surface area (Å²) in [6.07, 6.45) is -4.32. The van der Waals surface area contributed by atoms with Crippen LogP contribution in [-0.4, -0.2) is 9.78 Å². The first-order chi connectivity index (χ1) is 7.84. The van der Waals surface area contributed by atoms with Crippen LogP contribution in [0.1, 0.15) is 25.6 Å². The molecule has 3 heteroatoms. The van der Waals surface area contributed by atoms with Crippen molar-refractivity contribution < 1.29 is 12.3 Å². The maximum atomic E-state index is 7.58. The van der Waals surface area contributed by atoms with Crippen LogP contribution >= 0.6 is 15.9 Å². The SMILES string of the molecule is [2H]c1nn(C([2H])([2H])C([2H])([2H])C([2H])([2H])[2H])c([2H])c1Br. The number of hydrogen-bond acceptors (Lipinski definition) is 1. The fourth-order valence-corrected chi connectivity index (χ4v) is 0.590. The standard InChI is InChI=1S/C6H9BrN2/c1-2-3-9-5-6(7)4-8-9/h4-5H,2-3H2,1H3/i1D3,2D2,3D2,4D,5D. The molecule has 0 aliphatic carbocycles. The highest BCUT2D eigenvalue weighted by molar-refractivity contribution is 9.10. The first-order valence-electron chi connectivity index (χ1n) is 6.56. The van der Waals surface area contributed by atoms with Crippen LogP contribution in [0.5, 0.6) is 0 Å². The zero-order valence-corrected chi connectivity index (χ0v) is 5.86. The van der Waals surface area contributed by atoms with Crippen LogP contribution in [-0.2, 0) is 6.50 Å². The molecule has 0 aliphatic heterocycles. The third-order valence-electron chi connectivity index (χ3n) is 0.614. The van der Waals surface area contributed by atoms with E-state index >= 15 is 0 Å². The second kappa shape index (κ2) is 3.01. The quantitative estimate of drug-likeness (QED) is 0.711. The van der Waals surface area contributed by atoms with Crippen LogP contribution in [0.2, 0.25) is 0 Å². The fourth-order valence-electron chi connectivity index (χ4n) is 0.343. The Labute approximate surface area is 75.6 Å². The summed E-state index contributed by atoms with van der Waals surface area (Å²) in [6.45, 7) is -6.32. The van der Waals surface area contributed by atoms with Crippen LogP contribution in [0, 0.1) is 0 Å². The third-order valence-corrected chi connectivity index (χ3v) is 0.969. The Kier molecular flexibility index (Phi) is 0.550. The minimum Gasteiger partial charge on any atom is -0.272 e. The Bertz CT molecular complexity index is 462. The van der Waals surface area contributed by atoms with Crippen LogP contribution in [0.25, 0.3) is 0 Å². The summed E-state index contributed by atoms with van der Waals surface area (Å²) in [7, 11) is 0. The molecule has 0 radical (unpaired) electrons. The first kappa shape index (κ1) is 1.64. The number of hydrogen-bond donors (Lipinski definition) is 0. The lowest BCUT2D eigenvalue weighted by molar-refractivity contribution is 0.602. The molecular formula is C6H9BrN2. The molecule has 1 rings (SSSR count). The van der Waals surface area contributed by atoms with Crippen LogP contribution in [0.3, 0.4) is 0 Å². The molecule has 0 amide bonds. The van der Waals surface area contributed by atoms with Gasteiger partial charge in [0.1, 0.15) is 0 Å². The normalized spacial score (nSPS) is 29.2. The first-order valence-corrected chi connectivity index (χ1v) is 2.85. The van der Waals surface area contributed by atoms with Crippen molar-refractivity contribution in [3.63, 3.8) is 0 Å². The zero-order valence-electron chi connectivity index (χ0n) is 13.3. The summed E-state index contributed by atoms with van der Waals surface area (Å²) in [5.41, 5.74) is 0. The molecule has 0 spiro atoms. The highest BCUT2D eigenvalue weighted by Gasteiger charge is 1.90. The Morgan fingerprint density at radius 3 is 3.67 bits per heavy atom. The minimum absolute atomic E-state index is 0.132. The molecule has 1 aromatic heterocycles. The van der Waals surface area contributed by atoms with Crippen LogP contribution in [0.15, 0.2) is 16.8 Å². The van der Waals surface area contributed by atoms with Gasteiger partial charge in [-0.15, -0.1) is 0 Å². The van der Waals surface area contributed by atoms with Gasteiger partial charge in [0.2, 0.25) is 0 Å². The van der Waals surface area contributed by atoms with Gasteiger partial charge >= 0.3 is 0 Å². The summed E-state index contributed by atoms with van der Waals surface area (Å²) >= 11 is 2.82. The summed E-state index contributed by atoms with van der Waals surface area (Å²) in [5.74, 6) is 0. The lowest BCUT2D eigenvalue weighted by Gasteiger charge is -1.93. The molecule has 9 heavy (non-hydrogen) atoms. The van der Waals surface area contributed by atoms with Gasteiger partial charge in [-0.2, -0.15) is 5.10 Å². The van der Waals surface area contributed by atoms with E-state index in [9.17, 15) is 0 Å². The number of aryl methyl sites for hydroxylation is 1. The fraction of sp³-hybridized carbons (Fsp3) is 0.500. The summed E-state index contributed by atoms with van der Waals surface area (Å²) < 4.78 is 66.0. The lowest BCUT2D eigenvalue weighted by Crippen LogP contribution is -1.95. The maximum absolute atomic E-state index is 7.58. The lowest BCUT2D eigenvalue weighted by atomic mass is 10.5. The maximum Gasteiger partial charge on any atom is 0.0872 e. The molecule has 0 bridgehead atoms. The molecule has 0 fully saturated rings. The predicted octanol–water partition coefficient (Wildman–Crippen LogP) is 2.06. The van der Waals surface area contributed by atoms with Gasteiger partial charge in [-0.25, -0.2) is 0 Å². The molecular weight excluding hydrogens is 180 g/mol. The van der Waals surface area contributed by atoms with Crippen LogP contribution < -0.4 is 0 Å². The molecule has 1 heterocycles. The predicted molar refractivity (Wildman–Crippen MR) is 40.2 cm³/mol. The minimum atomic E-state index is -3.26. The summed E-state index contributed by atoms with van der Waals surface area (Å²) in [6, 6.07) is 0. The highest BCUT2D eigenvalue weighted by Crippen LogP contribution is 2.05. The Balaban J connectivity index is 3.42. The van der Waals surface area contributed by atoms with Crippen molar-refractivity contribution in [3.8, 4) is 0 Å². The Hall–Kier alpha value is -0.310. The van der Waals surface area contributed by atoms with Crippen molar-refractivity contribution in [1.82, 2.24) is 9.78 Å². The van der Waals surface area contributed by atoms with Crippen LogP contribution in [0.4, 0.5) is 0 Å². The van der Waals surface area contributed by atoms with E-state index < -0.39 is 32.1 Å². The van der Waals surface area contributed by atoms with E-state index in [1.807, 2.05) is 0 Å². The van der Waals surface area contributed by atoms with Gasteiger partial charge in [0, 0.05) is 19.5 Å². The van der Waals surface area contributed by atoms with Crippen molar-refractivity contribution in [2.45, 2.75) is 19.7 Å². The number of nitrogens with zero attached hydrogens (tertiary/aromatic N) is 2. The second-order valence-corrected chi connectivity index (χ2v) is 1.98. The van der Waals surface area contributed by atoms with Crippen molar-refractivity contribution >= 4 is 15.9 Å². The topological polar surface area (TPSA) is 17.8 Å². The largest absolute Gasteiger partial charge is 0.272 e. The molecule has 1 aromatic rings. The zero-order chi connectivity index (χ0) is 14.5. The molecule has 0 unspecified atom stereocenters. The van der Waals surface area contributed by atoms with Crippen molar-refractivity contribution in [2.24, 2.45) is 0 Å². The average Bonchev–Trinajstić information content (AvgIpc) is 2.44. The Morgan fingerprint density at radius 1 is 2.22 bits per heavy atom. The molecule has 0 N–H and O–H groups in total. The van der Waals surface area contributed by atoms with E-state index in [1.165, 1.54) is 0 Å². The van der Waals surface area contributed by atoms with E-state index in [0.717, 1.165) is 0 Å². The van der Waals surface area contributed by atoms with E-state index in [-0.39, 0.29) is 9.15 Å². The van der Waals surface area contributed by atoms with E-state index in [1.54, 1.807) is 0 Å². The van der Waals surface area contributed by atoms with Gasteiger partial charge in [0.25, 0.3) is 0 Å². The monoisotopic (exact) mass is 197 g/mol. The molecule has 0 aromatic carbocycles. The molecule has 0 aliphatic rings. The third kappa shape index (κ3) is 1.82. The Morgan fingerprint density at radius 2 is 3.11 bits per heavy atom. The molecule has 0 saturated carbocycles. The average molecular weight is 198 g/mol. The summed E-state index contributed by atoms with van der Waals surface area (Å²) in [4.78, 5) is 0. The van der Waals surface area contributed by atoms with Crippen molar-refractivity contribution in [2.75, 3.05) is 0 Å². The van der Waals surface area contributed by atoms with Gasteiger partial charge in [-0.05, 0) is 22.3 Å². The van der Waals surface area contributed by atoms with Gasteiger partial charge < -0.3 is 0 Å². The van der Waals surface area contributed by atoms with Gasteiger partial charge in [0.15, 0.2) is 0 Å². The molecule has 2 nitrogen and oxygen atoms in total. The van der Waals surface area contributed by atoms with Crippen molar-refractivity contribution in [3.05, 3.63) is 16.8 Å². The van der Waals surface area contributed by atoms with Gasteiger partial charge in [0.05, 0.1) is 16.1 Å². The highest BCUT2D eigenvalue weighted by atomic mass is 79.9.